The standard InChI is InChI=1S/C21H18ClFN6O/c1-10-15-7-13(23)3-4-14(15)19-12(9-29(2)28-19)5-16-18(26-27-20(16)22)11-6-17(30-10)21(24)25-8-11/h3-4,6-10H,5H2,1-2H3,(H2,24,25)(H,26,27)/t10-/m1/s1. The molecule has 1 atom stereocenters. The summed E-state index contributed by atoms with van der Waals surface area (Å²) in [4.78, 5) is 4.26. The Morgan fingerprint density at radius 2 is 2.13 bits per heavy atom. The molecule has 1 aromatic carbocycles. The minimum absolute atomic E-state index is 0.238. The number of benzene rings is 1. The largest absolute Gasteiger partial charge is 0.482 e. The molecule has 1 aliphatic heterocycles. The Morgan fingerprint density at radius 1 is 1.30 bits per heavy atom. The fraction of sp³-hybridized carbons (Fsp3) is 0.190. The zero-order valence-corrected chi connectivity index (χ0v) is 17.0. The average Bonchev–Trinajstić information content (AvgIpc) is 3.25. The van der Waals surface area contributed by atoms with Crippen LogP contribution >= 0.6 is 11.6 Å². The number of ether oxygens (including phenoxy) is 1. The molecule has 0 unspecified atom stereocenters. The van der Waals surface area contributed by atoms with Gasteiger partial charge in [0.05, 0.1) is 11.4 Å². The number of aromatic nitrogens is 5. The summed E-state index contributed by atoms with van der Waals surface area (Å²) in [6.07, 6.45) is 3.55. The molecule has 3 aromatic heterocycles. The van der Waals surface area contributed by atoms with Crippen LogP contribution in [0.25, 0.3) is 22.5 Å². The predicted octanol–water partition coefficient (Wildman–Crippen LogP) is 4.29. The van der Waals surface area contributed by atoms with Gasteiger partial charge in [0.25, 0.3) is 0 Å². The molecule has 152 valence electrons. The number of nitrogens with zero attached hydrogens (tertiary/aromatic N) is 4. The Kier molecular flexibility index (Phi) is 4.25. The molecular weight excluding hydrogens is 407 g/mol. The molecule has 30 heavy (non-hydrogen) atoms. The Morgan fingerprint density at radius 3 is 2.97 bits per heavy atom. The molecule has 4 heterocycles. The van der Waals surface area contributed by atoms with E-state index in [1.54, 1.807) is 23.0 Å². The highest BCUT2D eigenvalue weighted by atomic mass is 35.5. The number of nitrogens with one attached hydrogen (secondary N) is 1. The third-order valence-electron chi connectivity index (χ3n) is 5.25. The van der Waals surface area contributed by atoms with Crippen LogP contribution in [0, 0.1) is 5.82 Å². The topological polar surface area (TPSA) is 94.6 Å². The third kappa shape index (κ3) is 3.00. The highest BCUT2D eigenvalue weighted by Gasteiger charge is 2.24. The second-order valence-electron chi connectivity index (χ2n) is 7.32. The van der Waals surface area contributed by atoms with E-state index in [2.05, 4.69) is 20.3 Å². The molecule has 3 N–H and O–H groups in total. The Bertz CT molecular complexity index is 1280. The first-order valence-corrected chi connectivity index (χ1v) is 9.76. The molecule has 0 aliphatic carbocycles. The SMILES string of the molecule is C[C@H]1Oc2cc(cnc2N)-c2n[nH]c(Cl)c2Cc2cn(C)nc2-c2ccc(F)cc21. The fourth-order valence-electron chi connectivity index (χ4n) is 3.85. The van der Waals surface area contributed by atoms with Crippen molar-refractivity contribution in [3.63, 3.8) is 0 Å². The van der Waals surface area contributed by atoms with Crippen molar-refractivity contribution in [3.8, 4) is 28.3 Å². The van der Waals surface area contributed by atoms with Gasteiger partial charge in [0.2, 0.25) is 0 Å². The summed E-state index contributed by atoms with van der Waals surface area (Å²) in [6.45, 7) is 1.84. The Balaban J connectivity index is 1.81. The monoisotopic (exact) mass is 424 g/mol. The van der Waals surface area contributed by atoms with Crippen molar-refractivity contribution < 1.29 is 9.13 Å². The van der Waals surface area contributed by atoms with Crippen LogP contribution in [0.5, 0.6) is 5.75 Å². The summed E-state index contributed by atoms with van der Waals surface area (Å²) >= 11 is 6.44. The van der Waals surface area contributed by atoms with Crippen LogP contribution in [0.3, 0.4) is 0 Å². The molecule has 0 saturated carbocycles. The number of pyridine rings is 1. The van der Waals surface area contributed by atoms with Gasteiger partial charge in [-0.05, 0) is 31.2 Å². The van der Waals surface area contributed by atoms with Gasteiger partial charge >= 0.3 is 0 Å². The van der Waals surface area contributed by atoms with Crippen molar-refractivity contribution in [2.24, 2.45) is 7.05 Å². The maximum absolute atomic E-state index is 14.2. The minimum atomic E-state index is -0.494. The number of hydrogen-bond donors (Lipinski definition) is 2. The summed E-state index contributed by atoms with van der Waals surface area (Å²) < 4.78 is 22.0. The Hall–Kier alpha value is -3.39. The molecule has 1 aliphatic rings. The third-order valence-corrected chi connectivity index (χ3v) is 5.57. The molecule has 0 fully saturated rings. The van der Waals surface area contributed by atoms with Crippen molar-refractivity contribution in [2.45, 2.75) is 19.4 Å². The van der Waals surface area contributed by atoms with Crippen LogP contribution in [0.15, 0.2) is 36.7 Å². The van der Waals surface area contributed by atoms with E-state index in [9.17, 15) is 4.39 Å². The second kappa shape index (κ2) is 6.84. The summed E-state index contributed by atoms with van der Waals surface area (Å²) in [5.74, 6) is 0.276. The fourth-order valence-corrected chi connectivity index (χ4v) is 4.05. The van der Waals surface area contributed by atoms with Gasteiger partial charge in [-0.15, -0.1) is 0 Å². The van der Waals surface area contributed by atoms with Crippen LogP contribution in [0.2, 0.25) is 5.15 Å². The van der Waals surface area contributed by atoms with Gasteiger partial charge in [-0.3, -0.25) is 9.78 Å². The van der Waals surface area contributed by atoms with E-state index >= 15 is 0 Å². The summed E-state index contributed by atoms with van der Waals surface area (Å²) in [5.41, 5.74) is 11.4. The molecular formula is C21H18ClFN6O. The van der Waals surface area contributed by atoms with Gasteiger partial charge in [0, 0.05) is 53.7 Å². The smallest absolute Gasteiger partial charge is 0.166 e. The minimum Gasteiger partial charge on any atom is -0.482 e. The molecule has 9 heteroatoms. The molecule has 4 aromatic rings. The first kappa shape index (κ1) is 18.6. The van der Waals surface area contributed by atoms with Crippen molar-refractivity contribution in [1.29, 1.82) is 0 Å². The molecule has 0 radical (unpaired) electrons. The molecule has 5 rings (SSSR count). The maximum atomic E-state index is 14.2. The van der Waals surface area contributed by atoms with Crippen molar-refractivity contribution in [3.05, 3.63) is 64.3 Å². The van der Waals surface area contributed by atoms with Crippen LogP contribution in [-0.4, -0.2) is 25.0 Å². The number of fused-ring (bicyclic) bond motifs is 7. The summed E-state index contributed by atoms with van der Waals surface area (Å²) in [5, 5.41) is 12.3. The van der Waals surface area contributed by atoms with Crippen molar-refractivity contribution in [2.75, 3.05) is 5.73 Å². The van der Waals surface area contributed by atoms with E-state index in [4.69, 9.17) is 22.1 Å². The van der Waals surface area contributed by atoms with E-state index in [0.717, 1.165) is 27.9 Å². The van der Waals surface area contributed by atoms with Gasteiger partial charge in [-0.25, -0.2) is 9.37 Å². The van der Waals surface area contributed by atoms with Gasteiger partial charge in [-0.2, -0.15) is 10.2 Å². The van der Waals surface area contributed by atoms with Crippen molar-refractivity contribution in [1.82, 2.24) is 25.0 Å². The van der Waals surface area contributed by atoms with E-state index in [1.165, 1.54) is 12.1 Å². The van der Waals surface area contributed by atoms with E-state index in [0.29, 0.717) is 28.6 Å². The van der Waals surface area contributed by atoms with Gasteiger partial charge < -0.3 is 10.5 Å². The highest BCUT2D eigenvalue weighted by Crippen LogP contribution is 2.39. The molecule has 0 spiro atoms. The van der Waals surface area contributed by atoms with Gasteiger partial charge in [0.15, 0.2) is 11.6 Å². The van der Waals surface area contributed by atoms with E-state index in [1.807, 2.05) is 20.2 Å². The van der Waals surface area contributed by atoms with E-state index < -0.39 is 6.10 Å². The number of anilines is 1. The molecule has 7 nitrogen and oxygen atoms in total. The number of nitrogen functional groups attached to an aromatic ring is 1. The first-order chi connectivity index (χ1) is 14.4. The number of hydrogen-bond acceptors (Lipinski definition) is 5. The zero-order valence-electron chi connectivity index (χ0n) is 16.3. The van der Waals surface area contributed by atoms with Crippen molar-refractivity contribution >= 4 is 17.4 Å². The number of aromatic amines is 1. The lowest BCUT2D eigenvalue weighted by atomic mass is 9.95. The number of halogens is 2. The predicted molar refractivity (Wildman–Crippen MR) is 112 cm³/mol. The molecule has 2 bridgehead atoms. The van der Waals surface area contributed by atoms with Crippen LogP contribution in [-0.2, 0) is 13.5 Å². The lowest BCUT2D eigenvalue weighted by Crippen LogP contribution is -2.09. The number of nitrogens with two attached hydrogens (primary N) is 1. The lowest BCUT2D eigenvalue weighted by Gasteiger charge is -2.20. The number of aryl methyl sites for hydroxylation is 1. The summed E-state index contributed by atoms with van der Waals surface area (Å²) in [7, 11) is 1.85. The average molecular weight is 425 g/mol. The zero-order chi connectivity index (χ0) is 21.0. The number of rotatable bonds is 0. The highest BCUT2D eigenvalue weighted by molar-refractivity contribution is 6.30. The maximum Gasteiger partial charge on any atom is 0.166 e. The van der Waals surface area contributed by atoms with Crippen LogP contribution in [0.4, 0.5) is 10.2 Å². The van der Waals surface area contributed by atoms with Crippen LogP contribution < -0.4 is 10.5 Å². The van der Waals surface area contributed by atoms with Gasteiger partial charge in [-0.1, -0.05) is 11.6 Å². The normalized spacial score (nSPS) is 15.3. The lowest BCUT2D eigenvalue weighted by molar-refractivity contribution is 0.227. The quantitative estimate of drug-likeness (QED) is 0.439. The summed E-state index contributed by atoms with van der Waals surface area (Å²) in [6, 6.07) is 6.38. The molecule has 0 amide bonds. The second-order valence-corrected chi connectivity index (χ2v) is 7.70. The Labute approximate surface area is 176 Å². The molecule has 0 saturated heterocycles. The number of H-pyrrole nitrogens is 1. The van der Waals surface area contributed by atoms with Gasteiger partial charge in [0.1, 0.15) is 17.1 Å². The first-order valence-electron chi connectivity index (χ1n) is 9.38. The van der Waals surface area contributed by atoms with Crippen LogP contribution in [0.1, 0.15) is 29.7 Å². The van der Waals surface area contributed by atoms with E-state index in [-0.39, 0.29) is 11.6 Å².